The normalized spacial score (nSPS) is 29.3. The molecule has 0 heterocycles. The second-order valence-electron chi connectivity index (χ2n) is 4.09. The summed E-state index contributed by atoms with van der Waals surface area (Å²) in [7, 11) is 0. The largest absolute Gasteiger partial charge is 0.299 e. The number of allylic oxidation sites excluding steroid dienone is 2. The lowest BCUT2D eigenvalue weighted by atomic mass is 9.80. The van der Waals surface area contributed by atoms with Crippen molar-refractivity contribution in [3.8, 4) is 0 Å². The van der Waals surface area contributed by atoms with Crippen molar-refractivity contribution in [1.82, 2.24) is 0 Å². The number of carbonyl (C=O) groups is 1. The predicted molar refractivity (Wildman–Crippen MR) is 55.6 cm³/mol. The van der Waals surface area contributed by atoms with Gasteiger partial charge < -0.3 is 0 Å². The van der Waals surface area contributed by atoms with Crippen molar-refractivity contribution in [3.05, 3.63) is 12.2 Å². The van der Waals surface area contributed by atoms with Crippen molar-refractivity contribution in [3.63, 3.8) is 0 Å². The number of aldehydes is 1. The highest BCUT2D eigenvalue weighted by Gasteiger charge is 2.18. The lowest BCUT2D eigenvalue weighted by molar-refractivity contribution is -0.104. The highest BCUT2D eigenvalue weighted by atomic mass is 16.1. The number of hydrogen-bond donors (Lipinski definition) is 0. The average Bonchev–Trinajstić information content (AvgIpc) is 2.17. The van der Waals surface area contributed by atoms with Crippen molar-refractivity contribution in [2.75, 3.05) is 0 Å². The third-order valence-corrected chi connectivity index (χ3v) is 3.05. The van der Waals surface area contributed by atoms with Crippen LogP contribution in [0, 0.1) is 11.8 Å². The summed E-state index contributed by atoms with van der Waals surface area (Å²) in [5.41, 5.74) is 0. The molecule has 0 saturated heterocycles. The van der Waals surface area contributed by atoms with Gasteiger partial charge in [-0.15, -0.1) is 0 Å². The van der Waals surface area contributed by atoms with Gasteiger partial charge in [0.15, 0.2) is 0 Å². The van der Waals surface area contributed by atoms with Gasteiger partial charge in [-0.1, -0.05) is 25.8 Å². The van der Waals surface area contributed by atoms with Gasteiger partial charge in [0.2, 0.25) is 0 Å². The maximum absolute atomic E-state index is 10.1. The van der Waals surface area contributed by atoms with Crippen LogP contribution in [0.1, 0.15) is 45.4 Å². The molecule has 1 fully saturated rings. The fourth-order valence-corrected chi connectivity index (χ4v) is 2.28. The molecule has 1 saturated carbocycles. The first kappa shape index (κ1) is 10.5. The fraction of sp³-hybridized carbons (Fsp3) is 0.750. The summed E-state index contributed by atoms with van der Waals surface area (Å²) < 4.78 is 0. The van der Waals surface area contributed by atoms with Gasteiger partial charge in [0.25, 0.3) is 0 Å². The first-order valence-corrected chi connectivity index (χ1v) is 5.48. The van der Waals surface area contributed by atoms with Crippen LogP contribution in [0.25, 0.3) is 0 Å². The molecule has 1 heteroatoms. The van der Waals surface area contributed by atoms with Crippen molar-refractivity contribution in [2.45, 2.75) is 45.4 Å². The summed E-state index contributed by atoms with van der Waals surface area (Å²) >= 11 is 0. The molecule has 74 valence electrons. The third-order valence-electron chi connectivity index (χ3n) is 3.05. The van der Waals surface area contributed by atoms with E-state index in [0.29, 0.717) is 5.92 Å². The second-order valence-corrected chi connectivity index (χ2v) is 4.09. The molecule has 1 aliphatic rings. The van der Waals surface area contributed by atoms with E-state index in [9.17, 15) is 4.79 Å². The zero-order chi connectivity index (χ0) is 9.52. The Kier molecular flexibility index (Phi) is 4.81. The molecule has 0 N–H and O–H groups in total. The predicted octanol–water partition coefficient (Wildman–Crippen LogP) is 3.35. The van der Waals surface area contributed by atoms with E-state index in [2.05, 4.69) is 13.0 Å². The molecule has 13 heavy (non-hydrogen) atoms. The Labute approximate surface area is 81.2 Å². The van der Waals surface area contributed by atoms with Crippen molar-refractivity contribution >= 4 is 6.29 Å². The number of carbonyl (C=O) groups excluding carboxylic acids is 1. The number of hydrogen-bond acceptors (Lipinski definition) is 1. The first-order chi connectivity index (χ1) is 6.36. The molecule has 1 aliphatic carbocycles. The van der Waals surface area contributed by atoms with E-state index < -0.39 is 0 Å². The van der Waals surface area contributed by atoms with Crippen LogP contribution in [0.4, 0.5) is 0 Å². The monoisotopic (exact) mass is 180 g/mol. The highest BCUT2D eigenvalue weighted by molar-refractivity contribution is 5.64. The van der Waals surface area contributed by atoms with Gasteiger partial charge in [-0.2, -0.15) is 0 Å². The summed E-state index contributed by atoms with van der Waals surface area (Å²) in [6.45, 7) is 2.26. The Morgan fingerprint density at radius 2 is 1.92 bits per heavy atom. The Morgan fingerprint density at radius 1 is 1.23 bits per heavy atom. The molecule has 1 nitrogen and oxygen atoms in total. The zero-order valence-corrected chi connectivity index (χ0v) is 8.54. The fourth-order valence-electron chi connectivity index (χ4n) is 2.28. The molecular weight excluding hydrogens is 160 g/mol. The summed E-state index contributed by atoms with van der Waals surface area (Å²) in [5, 5.41) is 0. The van der Waals surface area contributed by atoms with Gasteiger partial charge >= 0.3 is 0 Å². The van der Waals surface area contributed by atoms with E-state index >= 15 is 0 Å². The highest BCUT2D eigenvalue weighted by Crippen LogP contribution is 2.31. The molecule has 0 aromatic carbocycles. The molecule has 0 aliphatic heterocycles. The Balaban J connectivity index is 2.22. The average molecular weight is 180 g/mol. The van der Waals surface area contributed by atoms with Crippen LogP contribution < -0.4 is 0 Å². The van der Waals surface area contributed by atoms with E-state index in [0.717, 1.165) is 12.2 Å². The molecule has 0 spiro atoms. The smallest absolute Gasteiger partial charge is 0.142 e. The van der Waals surface area contributed by atoms with Gasteiger partial charge in [-0.05, 0) is 43.6 Å². The van der Waals surface area contributed by atoms with Crippen LogP contribution in [-0.4, -0.2) is 6.29 Å². The standard InChI is InChI=1S/C12H20O/c1-2-4-11-6-8-12(9-7-11)5-3-10-13/h3,5,10-12H,2,4,6-9H2,1H3/t11-,12-. The summed E-state index contributed by atoms with van der Waals surface area (Å²) in [6.07, 6.45) is 12.6. The summed E-state index contributed by atoms with van der Waals surface area (Å²) in [4.78, 5) is 10.1. The Bertz CT molecular complexity index is 164. The molecule has 0 radical (unpaired) electrons. The Morgan fingerprint density at radius 3 is 2.46 bits per heavy atom. The van der Waals surface area contributed by atoms with Gasteiger partial charge in [0.05, 0.1) is 0 Å². The van der Waals surface area contributed by atoms with Crippen LogP contribution in [0.3, 0.4) is 0 Å². The van der Waals surface area contributed by atoms with Gasteiger partial charge in [0.1, 0.15) is 6.29 Å². The Hall–Kier alpha value is -0.590. The van der Waals surface area contributed by atoms with Crippen molar-refractivity contribution in [1.29, 1.82) is 0 Å². The minimum absolute atomic E-state index is 0.679. The van der Waals surface area contributed by atoms with Crippen LogP contribution in [0.2, 0.25) is 0 Å². The van der Waals surface area contributed by atoms with Crippen LogP contribution in [-0.2, 0) is 4.79 Å². The minimum atomic E-state index is 0.679. The van der Waals surface area contributed by atoms with Gasteiger partial charge in [-0.25, -0.2) is 0 Å². The molecule has 0 atom stereocenters. The zero-order valence-electron chi connectivity index (χ0n) is 8.54. The quantitative estimate of drug-likeness (QED) is 0.479. The van der Waals surface area contributed by atoms with E-state index in [-0.39, 0.29) is 0 Å². The SMILES string of the molecule is CCC[C@H]1CC[C@H](C=CC=O)CC1. The van der Waals surface area contributed by atoms with E-state index in [1.165, 1.54) is 38.5 Å². The van der Waals surface area contributed by atoms with E-state index in [1.807, 2.05) is 0 Å². The second kappa shape index (κ2) is 5.95. The molecule has 0 amide bonds. The molecule has 0 unspecified atom stereocenters. The van der Waals surface area contributed by atoms with Crippen molar-refractivity contribution < 1.29 is 4.79 Å². The summed E-state index contributed by atoms with van der Waals surface area (Å²) in [6, 6.07) is 0. The van der Waals surface area contributed by atoms with Crippen LogP contribution in [0.5, 0.6) is 0 Å². The lowest BCUT2D eigenvalue weighted by Crippen LogP contribution is -2.12. The maximum Gasteiger partial charge on any atom is 0.142 e. The first-order valence-electron chi connectivity index (χ1n) is 5.48. The number of rotatable bonds is 4. The van der Waals surface area contributed by atoms with E-state index in [4.69, 9.17) is 0 Å². The molecule has 0 aromatic heterocycles. The molecular formula is C12H20O. The van der Waals surface area contributed by atoms with Gasteiger partial charge in [-0.3, -0.25) is 4.79 Å². The third kappa shape index (κ3) is 3.75. The van der Waals surface area contributed by atoms with Crippen LogP contribution >= 0.6 is 0 Å². The molecule has 1 rings (SSSR count). The van der Waals surface area contributed by atoms with E-state index in [1.54, 1.807) is 6.08 Å². The maximum atomic E-state index is 10.1. The minimum Gasteiger partial charge on any atom is -0.299 e. The molecule has 0 aromatic rings. The van der Waals surface area contributed by atoms with Gasteiger partial charge in [0, 0.05) is 0 Å². The topological polar surface area (TPSA) is 17.1 Å². The van der Waals surface area contributed by atoms with Crippen LogP contribution in [0.15, 0.2) is 12.2 Å². The molecule has 0 bridgehead atoms. The lowest BCUT2D eigenvalue weighted by Gasteiger charge is -2.26. The summed E-state index contributed by atoms with van der Waals surface area (Å²) in [5.74, 6) is 1.64. The van der Waals surface area contributed by atoms with Crippen molar-refractivity contribution in [2.24, 2.45) is 11.8 Å².